The Hall–Kier alpha value is -4.47. The summed E-state index contributed by atoms with van der Waals surface area (Å²) in [6.45, 7) is 0.198. The number of carboxylic acid groups (broad SMARTS) is 1. The number of methoxy groups -OCH3 is 1. The number of carbonyl (C=O) groups excluding carboxylic acids is 1. The second kappa shape index (κ2) is 12.4. The summed E-state index contributed by atoms with van der Waals surface area (Å²) < 4.78 is 12.0. The van der Waals surface area contributed by atoms with E-state index in [9.17, 15) is 14.7 Å². The molecule has 1 amide bonds. The topological polar surface area (TPSA) is 117 Å². The molecular formula is C30H25BrN2O6. The van der Waals surface area contributed by atoms with E-state index in [1.54, 1.807) is 84.9 Å². The zero-order valence-electron chi connectivity index (χ0n) is 20.9. The van der Waals surface area contributed by atoms with E-state index in [1.807, 2.05) is 0 Å². The molecule has 3 N–H and O–H groups in total. The van der Waals surface area contributed by atoms with E-state index in [1.165, 1.54) is 25.5 Å². The smallest absolute Gasteiger partial charge is 0.335 e. The average molecular weight is 589 g/mol. The number of hydrazone groups is 1. The van der Waals surface area contributed by atoms with Gasteiger partial charge in [-0.2, -0.15) is 5.10 Å². The van der Waals surface area contributed by atoms with E-state index in [-0.39, 0.29) is 12.2 Å². The van der Waals surface area contributed by atoms with Gasteiger partial charge in [-0.25, -0.2) is 10.2 Å². The van der Waals surface area contributed by atoms with Crippen molar-refractivity contribution in [3.05, 3.63) is 129 Å². The van der Waals surface area contributed by atoms with Crippen LogP contribution in [0.4, 0.5) is 0 Å². The summed E-state index contributed by atoms with van der Waals surface area (Å²) in [5.41, 5.74) is 2.89. The Morgan fingerprint density at radius 3 is 2.05 bits per heavy atom. The fourth-order valence-corrected chi connectivity index (χ4v) is 4.28. The first-order valence-corrected chi connectivity index (χ1v) is 12.6. The number of carboxylic acids is 1. The Balaban J connectivity index is 1.50. The molecule has 39 heavy (non-hydrogen) atoms. The number of ether oxygens (including phenoxy) is 2. The summed E-state index contributed by atoms with van der Waals surface area (Å²) in [6, 6.07) is 27.1. The maximum Gasteiger partial charge on any atom is 0.335 e. The molecule has 0 aromatic heterocycles. The van der Waals surface area contributed by atoms with Crippen molar-refractivity contribution in [1.29, 1.82) is 0 Å². The van der Waals surface area contributed by atoms with Gasteiger partial charge in [0.25, 0.3) is 5.91 Å². The Morgan fingerprint density at radius 2 is 1.51 bits per heavy atom. The summed E-state index contributed by atoms with van der Waals surface area (Å²) >= 11 is 3.49. The number of aromatic carboxylic acids is 1. The van der Waals surface area contributed by atoms with Crippen molar-refractivity contribution in [2.24, 2.45) is 5.10 Å². The van der Waals surface area contributed by atoms with Crippen molar-refractivity contribution < 1.29 is 29.3 Å². The zero-order valence-corrected chi connectivity index (χ0v) is 22.5. The average Bonchev–Trinajstić information content (AvgIpc) is 2.97. The maximum atomic E-state index is 13.2. The van der Waals surface area contributed by atoms with Gasteiger partial charge >= 0.3 is 5.97 Å². The molecule has 4 rings (SSSR count). The molecule has 0 bridgehead atoms. The molecule has 0 unspecified atom stereocenters. The standard InChI is InChI=1S/C30H25BrN2O6/c1-38-26-16-22(25(31)17-27(26)39-19-20-12-14-21(15-13-20)28(34)35)18-32-33-29(36)30(37,23-8-4-2-5-9-23)24-10-6-3-7-11-24/h2-18,37H,19H2,1H3,(H,33,36)(H,34,35)/b32-18-. The third-order valence-electron chi connectivity index (χ3n) is 5.96. The largest absolute Gasteiger partial charge is 0.493 e. The summed E-state index contributed by atoms with van der Waals surface area (Å²) in [5, 5.41) is 24.7. The molecule has 4 aromatic carbocycles. The van der Waals surface area contributed by atoms with E-state index in [2.05, 4.69) is 26.5 Å². The number of hydrogen-bond donors (Lipinski definition) is 3. The summed E-state index contributed by atoms with van der Waals surface area (Å²) in [7, 11) is 1.50. The van der Waals surface area contributed by atoms with Gasteiger partial charge in [-0.3, -0.25) is 4.79 Å². The molecule has 0 aliphatic carbocycles. The van der Waals surface area contributed by atoms with Gasteiger partial charge in [0.1, 0.15) is 6.61 Å². The number of nitrogens with zero attached hydrogens (tertiary/aromatic N) is 1. The number of carbonyl (C=O) groups is 2. The number of rotatable bonds is 10. The van der Waals surface area contributed by atoms with Crippen molar-refractivity contribution >= 4 is 34.0 Å². The van der Waals surface area contributed by atoms with Gasteiger partial charge in [0.05, 0.1) is 18.9 Å². The maximum absolute atomic E-state index is 13.2. The van der Waals surface area contributed by atoms with Gasteiger partial charge in [0.15, 0.2) is 17.1 Å². The summed E-state index contributed by atoms with van der Waals surface area (Å²) in [4.78, 5) is 24.3. The number of nitrogens with one attached hydrogen (secondary N) is 1. The number of benzene rings is 4. The molecular weight excluding hydrogens is 564 g/mol. The highest BCUT2D eigenvalue weighted by atomic mass is 79.9. The van der Waals surface area contributed by atoms with E-state index in [0.717, 1.165) is 5.56 Å². The van der Waals surface area contributed by atoms with Crippen molar-refractivity contribution in [1.82, 2.24) is 5.43 Å². The molecule has 0 atom stereocenters. The van der Waals surface area contributed by atoms with Crippen LogP contribution >= 0.6 is 15.9 Å². The summed E-state index contributed by atoms with van der Waals surface area (Å²) in [6.07, 6.45) is 1.43. The highest BCUT2D eigenvalue weighted by Crippen LogP contribution is 2.34. The second-order valence-electron chi connectivity index (χ2n) is 8.46. The molecule has 0 saturated heterocycles. The highest BCUT2D eigenvalue weighted by Gasteiger charge is 2.39. The zero-order chi connectivity index (χ0) is 27.8. The molecule has 0 spiro atoms. The highest BCUT2D eigenvalue weighted by molar-refractivity contribution is 9.10. The van der Waals surface area contributed by atoms with Crippen LogP contribution in [0.1, 0.15) is 32.6 Å². The third kappa shape index (κ3) is 6.34. The normalized spacial score (nSPS) is 11.3. The number of hydrogen-bond acceptors (Lipinski definition) is 6. The van der Waals surface area contributed by atoms with Gasteiger partial charge in [-0.15, -0.1) is 0 Å². The van der Waals surface area contributed by atoms with E-state index in [4.69, 9.17) is 14.6 Å². The predicted molar refractivity (Wildman–Crippen MR) is 150 cm³/mol. The molecule has 198 valence electrons. The lowest BCUT2D eigenvalue weighted by Crippen LogP contribution is -2.43. The molecule has 4 aromatic rings. The monoisotopic (exact) mass is 588 g/mol. The Bertz CT molecular complexity index is 1440. The second-order valence-corrected chi connectivity index (χ2v) is 9.31. The summed E-state index contributed by atoms with van der Waals surface area (Å²) in [5.74, 6) is -0.826. The van der Waals surface area contributed by atoms with Gasteiger partial charge in [-0.1, -0.05) is 72.8 Å². The van der Waals surface area contributed by atoms with Crippen molar-refractivity contribution in [2.45, 2.75) is 12.2 Å². The minimum atomic E-state index is -1.95. The van der Waals surface area contributed by atoms with Crippen LogP contribution in [0.25, 0.3) is 0 Å². The molecule has 9 heteroatoms. The van der Waals surface area contributed by atoms with Crippen molar-refractivity contribution in [2.75, 3.05) is 7.11 Å². The van der Waals surface area contributed by atoms with Crippen molar-refractivity contribution in [3.8, 4) is 11.5 Å². The lowest BCUT2D eigenvalue weighted by atomic mass is 9.85. The molecule has 0 radical (unpaired) electrons. The van der Waals surface area contributed by atoms with Gasteiger partial charge in [0.2, 0.25) is 0 Å². The van der Waals surface area contributed by atoms with Crippen molar-refractivity contribution in [3.63, 3.8) is 0 Å². The van der Waals surface area contributed by atoms with Gasteiger partial charge in [-0.05, 0) is 56.9 Å². The van der Waals surface area contributed by atoms with Crippen LogP contribution in [0.5, 0.6) is 11.5 Å². The minimum absolute atomic E-state index is 0.195. The van der Waals surface area contributed by atoms with Crippen LogP contribution < -0.4 is 14.9 Å². The quantitative estimate of drug-likeness (QED) is 0.175. The van der Waals surface area contributed by atoms with Crippen LogP contribution in [-0.2, 0) is 17.0 Å². The SMILES string of the molecule is COc1cc(/C=N\NC(=O)C(O)(c2ccccc2)c2ccccc2)c(Br)cc1OCc1ccc(C(=O)O)cc1. The van der Waals surface area contributed by atoms with E-state index < -0.39 is 17.5 Å². The number of halogens is 1. The van der Waals surface area contributed by atoms with Gasteiger partial charge in [0, 0.05) is 10.0 Å². The van der Waals surface area contributed by atoms with Crippen LogP contribution in [0.3, 0.4) is 0 Å². The molecule has 0 saturated carbocycles. The van der Waals surface area contributed by atoms with E-state index in [0.29, 0.717) is 32.7 Å². The Morgan fingerprint density at radius 1 is 0.923 bits per heavy atom. The first-order chi connectivity index (χ1) is 18.8. The van der Waals surface area contributed by atoms with E-state index >= 15 is 0 Å². The third-order valence-corrected chi connectivity index (χ3v) is 6.65. The fourth-order valence-electron chi connectivity index (χ4n) is 3.86. The molecule has 0 aliphatic heterocycles. The molecule has 8 nitrogen and oxygen atoms in total. The lowest BCUT2D eigenvalue weighted by molar-refractivity contribution is -0.136. The molecule has 0 aliphatic rings. The molecule has 0 fully saturated rings. The van der Waals surface area contributed by atoms with Crippen LogP contribution in [-0.4, -0.2) is 35.4 Å². The predicted octanol–water partition coefficient (Wildman–Crippen LogP) is 5.12. The number of aliphatic hydroxyl groups is 1. The van der Waals surface area contributed by atoms with Crippen LogP contribution in [0.2, 0.25) is 0 Å². The van der Waals surface area contributed by atoms with Gasteiger partial charge < -0.3 is 19.7 Å². The Kier molecular flexibility index (Phi) is 8.75. The first-order valence-electron chi connectivity index (χ1n) is 11.8. The molecule has 0 heterocycles. The van der Waals surface area contributed by atoms with Crippen LogP contribution in [0, 0.1) is 0 Å². The van der Waals surface area contributed by atoms with Crippen LogP contribution in [0.15, 0.2) is 107 Å². The fraction of sp³-hybridized carbons (Fsp3) is 0.100. The lowest BCUT2D eigenvalue weighted by Gasteiger charge is -2.27. The Labute approximate surface area is 233 Å². The number of amides is 1. The minimum Gasteiger partial charge on any atom is -0.493 e. The first kappa shape index (κ1) is 27.6.